The predicted molar refractivity (Wildman–Crippen MR) is 209 cm³/mol. The quantitative estimate of drug-likeness (QED) is 0.109. The molecule has 5 aromatic rings. The largest absolute Gasteiger partial charge is 0.487 e. The van der Waals surface area contributed by atoms with Crippen molar-refractivity contribution in [3.63, 3.8) is 0 Å². The van der Waals surface area contributed by atoms with Crippen LogP contribution in [0.15, 0.2) is 105 Å². The molecule has 0 radical (unpaired) electrons. The van der Waals surface area contributed by atoms with Crippen LogP contribution in [0.2, 0.25) is 10.0 Å². The van der Waals surface area contributed by atoms with Crippen LogP contribution in [0.4, 0.5) is 0 Å². The molecule has 1 atom stereocenters. The summed E-state index contributed by atoms with van der Waals surface area (Å²) in [6.45, 7) is 6.40. The van der Waals surface area contributed by atoms with Gasteiger partial charge in [0.1, 0.15) is 12.4 Å². The molecule has 0 N–H and O–H groups in total. The van der Waals surface area contributed by atoms with Crippen molar-refractivity contribution >= 4 is 90.8 Å². The molecule has 0 aliphatic carbocycles. The number of fused-ring (bicyclic) bond motifs is 1. The van der Waals surface area contributed by atoms with Gasteiger partial charge in [0.25, 0.3) is 5.56 Å². The molecule has 0 fully saturated rings. The molecule has 0 amide bonds. The molecule has 6 nitrogen and oxygen atoms in total. The summed E-state index contributed by atoms with van der Waals surface area (Å²) in [4.78, 5) is 33.8. The van der Waals surface area contributed by atoms with E-state index in [0.717, 1.165) is 30.3 Å². The lowest BCUT2D eigenvalue weighted by atomic mass is 9.91. The predicted octanol–water partition coefficient (Wildman–Crippen LogP) is 9.31. The van der Waals surface area contributed by atoms with Crippen LogP contribution in [0.1, 0.15) is 60.5 Å². The van der Waals surface area contributed by atoms with E-state index >= 15 is 0 Å². The number of carbonyl (C=O) groups excluding carboxylic acids is 1. The maximum atomic E-state index is 14.5. The molecule has 0 saturated heterocycles. The third-order valence-corrected chi connectivity index (χ3v) is 10.8. The van der Waals surface area contributed by atoms with Gasteiger partial charge in [0.2, 0.25) is 0 Å². The van der Waals surface area contributed by atoms with Crippen molar-refractivity contribution in [2.24, 2.45) is 4.99 Å². The van der Waals surface area contributed by atoms with E-state index in [1.165, 1.54) is 11.3 Å². The second kappa shape index (κ2) is 15.3. The number of hydrogen-bond donors (Lipinski definition) is 0. The molecule has 1 aromatic heterocycles. The van der Waals surface area contributed by atoms with Crippen LogP contribution in [0, 0.1) is 3.57 Å². The number of benzene rings is 4. The highest BCUT2D eigenvalue weighted by atomic mass is 127. The van der Waals surface area contributed by atoms with Crippen LogP contribution in [-0.2, 0) is 16.1 Å². The van der Waals surface area contributed by atoms with Gasteiger partial charge in [-0.1, -0.05) is 125 Å². The molecule has 1 aliphatic heterocycles. The number of esters is 1. The maximum Gasteiger partial charge on any atom is 0.338 e. The van der Waals surface area contributed by atoms with E-state index in [-0.39, 0.29) is 18.8 Å². The number of carbonyl (C=O) groups is 1. The zero-order chi connectivity index (χ0) is 34.8. The molecular weight excluding hydrogens is 858 g/mol. The summed E-state index contributed by atoms with van der Waals surface area (Å²) in [6.07, 6.45) is 1.81. The minimum atomic E-state index is -0.765. The number of rotatable bonds is 9. The lowest BCUT2D eigenvalue weighted by Crippen LogP contribution is -2.40. The molecule has 11 heteroatoms. The summed E-state index contributed by atoms with van der Waals surface area (Å²) < 4.78 is 15.6. The topological polar surface area (TPSA) is 69.9 Å². The van der Waals surface area contributed by atoms with Crippen LogP contribution in [0.3, 0.4) is 0 Å². The molecule has 0 saturated carbocycles. The number of ether oxygens (including phenoxy) is 2. The molecule has 0 spiro atoms. The van der Waals surface area contributed by atoms with E-state index in [9.17, 15) is 9.59 Å². The third kappa shape index (κ3) is 7.61. The van der Waals surface area contributed by atoms with E-state index in [1.807, 2.05) is 78.9 Å². The molecule has 250 valence electrons. The normalized spacial score (nSPS) is 14.5. The van der Waals surface area contributed by atoms with Crippen LogP contribution in [0.25, 0.3) is 11.8 Å². The van der Waals surface area contributed by atoms with Crippen LogP contribution < -0.4 is 19.6 Å². The van der Waals surface area contributed by atoms with Gasteiger partial charge in [0.05, 0.1) is 32.0 Å². The molecule has 49 heavy (non-hydrogen) atoms. The van der Waals surface area contributed by atoms with Gasteiger partial charge < -0.3 is 9.47 Å². The molecule has 2 heterocycles. The van der Waals surface area contributed by atoms with Gasteiger partial charge in [-0.3, -0.25) is 9.36 Å². The molecule has 0 unspecified atom stereocenters. The van der Waals surface area contributed by atoms with Gasteiger partial charge >= 0.3 is 5.97 Å². The summed E-state index contributed by atoms with van der Waals surface area (Å²) in [7, 11) is 0. The SMILES string of the molecule is CCOC(=O)C1=C(c2ccccc2)N=c2s/c(=C\c3cc(Br)cc(I)c3OCc3ccc(Cl)cc3Cl)c(=O)n2[C@@H]1c1ccc(C(C)C)cc1. The van der Waals surface area contributed by atoms with E-state index in [4.69, 9.17) is 37.7 Å². The Bertz CT molecular complexity index is 2270. The lowest BCUT2D eigenvalue weighted by molar-refractivity contribution is -0.138. The third-order valence-electron chi connectivity index (χ3n) is 8.00. The Labute approximate surface area is 320 Å². The van der Waals surface area contributed by atoms with Crippen molar-refractivity contribution in [2.45, 2.75) is 39.3 Å². The van der Waals surface area contributed by atoms with Gasteiger partial charge in [-0.15, -0.1) is 0 Å². The molecule has 1 aliphatic rings. The van der Waals surface area contributed by atoms with Crippen LogP contribution in [-0.4, -0.2) is 17.1 Å². The molecule has 0 bridgehead atoms. The van der Waals surface area contributed by atoms with E-state index < -0.39 is 12.0 Å². The molecule has 4 aromatic carbocycles. The van der Waals surface area contributed by atoms with E-state index in [0.29, 0.717) is 47.9 Å². The van der Waals surface area contributed by atoms with Crippen LogP contribution >= 0.6 is 73.1 Å². The number of halogens is 4. The fraction of sp³-hybridized carbons (Fsp3) is 0.184. The van der Waals surface area contributed by atoms with Crippen LogP contribution in [0.5, 0.6) is 5.75 Å². The van der Waals surface area contributed by atoms with Gasteiger partial charge in [-0.25, -0.2) is 9.79 Å². The summed E-state index contributed by atoms with van der Waals surface area (Å²) in [5.41, 5.74) is 4.67. The van der Waals surface area contributed by atoms with Gasteiger partial charge in [0.15, 0.2) is 4.80 Å². The van der Waals surface area contributed by atoms with Crippen molar-refractivity contribution in [1.29, 1.82) is 0 Å². The second-order valence-electron chi connectivity index (χ2n) is 11.6. The first-order valence-corrected chi connectivity index (χ1v) is 18.9. The highest BCUT2D eigenvalue weighted by Gasteiger charge is 2.35. The van der Waals surface area contributed by atoms with Crippen molar-refractivity contribution in [3.8, 4) is 5.75 Å². The smallest absolute Gasteiger partial charge is 0.338 e. The summed E-state index contributed by atoms with van der Waals surface area (Å²) in [6, 6.07) is 25.9. The van der Waals surface area contributed by atoms with Gasteiger partial charge in [-0.05, 0) is 76.9 Å². The highest BCUT2D eigenvalue weighted by molar-refractivity contribution is 14.1. The minimum Gasteiger partial charge on any atom is -0.487 e. The Morgan fingerprint density at radius 2 is 1.80 bits per heavy atom. The Morgan fingerprint density at radius 3 is 2.47 bits per heavy atom. The number of thiazole rings is 1. The first-order valence-electron chi connectivity index (χ1n) is 15.5. The van der Waals surface area contributed by atoms with Crippen molar-refractivity contribution in [1.82, 2.24) is 4.57 Å². The average Bonchev–Trinajstić information content (AvgIpc) is 3.38. The fourth-order valence-electron chi connectivity index (χ4n) is 5.59. The Kier molecular flexibility index (Phi) is 11.2. The van der Waals surface area contributed by atoms with Crippen molar-refractivity contribution in [2.75, 3.05) is 6.61 Å². The van der Waals surface area contributed by atoms with Gasteiger partial charge in [-0.2, -0.15) is 0 Å². The number of aromatic nitrogens is 1. The fourth-order valence-corrected chi connectivity index (χ4v) is 8.75. The average molecular weight is 888 g/mol. The molecular formula is C38H30BrCl2IN2O4S. The van der Waals surface area contributed by atoms with Gasteiger partial charge in [0, 0.05) is 31.2 Å². The monoisotopic (exact) mass is 886 g/mol. The number of hydrogen-bond acceptors (Lipinski definition) is 6. The zero-order valence-corrected chi connectivity index (χ0v) is 32.7. The Hall–Kier alpha value is -3.22. The summed E-state index contributed by atoms with van der Waals surface area (Å²) >= 11 is 19.6. The van der Waals surface area contributed by atoms with Crippen molar-refractivity contribution < 1.29 is 14.3 Å². The first kappa shape index (κ1) is 35.6. The first-order chi connectivity index (χ1) is 23.5. The Morgan fingerprint density at radius 1 is 1.06 bits per heavy atom. The number of nitrogens with zero attached hydrogens (tertiary/aromatic N) is 2. The van der Waals surface area contributed by atoms with E-state index in [1.54, 1.807) is 23.6 Å². The Balaban J connectivity index is 1.55. The van der Waals surface area contributed by atoms with E-state index in [2.05, 4.69) is 52.4 Å². The second-order valence-corrected chi connectivity index (χ2v) is 15.5. The molecule has 6 rings (SSSR count). The summed E-state index contributed by atoms with van der Waals surface area (Å²) in [5.74, 6) is 0.394. The zero-order valence-electron chi connectivity index (χ0n) is 26.7. The highest BCUT2D eigenvalue weighted by Crippen LogP contribution is 2.36. The minimum absolute atomic E-state index is 0.180. The summed E-state index contributed by atoms with van der Waals surface area (Å²) in [5, 5.41) is 1.04. The van der Waals surface area contributed by atoms with Crippen molar-refractivity contribution in [3.05, 3.63) is 156 Å². The standard InChI is InChI=1S/C38H30BrCl2IN2O4S/c1-4-47-37(46)32-33(23-8-6-5-7-9-23)43-38-44(34(32)24-12-10-22(11-13-24)21(2)3)36(45)31(49-38)17-26-16-27(39)18-30(42)35(26)48-20-25-14-15-28(40)19-29(25)41/h5-19,21,34H,4,20H2,1-3H3/b31-17-/t34-/m1/s1. The lowest BCUT2D eigenvalue weighted by Gasteiger charge is -2.26. The maximum absolute atomic E-state index is 14.5.